The lowest BCUT2D eigenvalue weighted by atomic mass is 10.1. The van der Waals surface area contributed by atoms with Gasteiger partial charge in [-0.2, -0.15) is 13.2 Å². The van der Waals surface area contributed by atoms with E-state index in [1.54, 1.807) is 26.8 Å². The van der Waals surface area contributed by atoms with Crippen molar-refractivity contribution in [1.29, 1.82) is 0 Å². The van der Waals surface area contributed by atoms with E-state index in [0.717, 1.165) is 23.9 Å². The van der Waals surface area contributed by atoms with Crippen LogP contribution in [0.1, 0.15) is 25.0 Å². The maximum absolute atomic E-state index is 12.8. The monoisotopic (exact) mass is 342 g/mol. The van der Waals surface area contributed by atoms with Gasteiger partial charge in [0.25, 0.3) is 0 Å². The van der Waals surface area contributed by atoms with Crippen LogP contribution in [0.25, 0.3) is 0 Å². The number of aryl methyl sites for hydroxylation is 1. The molecule has 1 aromatic rings. The summed E-state index contributed by atoms with van der Waals surface area (Å²) < 4.78 is 60.7. The highest BCUT2D eigenvalue weighted by molar-refractivity contribution is 8.04. The molecule has 0 spiro atoms. The fourth-order valence-electron chi connectivity index (χ4n) is 1.65. The van der Waals surface area contributed by atoms with Gasteiger partial charge < -0.3 is 9.05 Å². The molecule has 21 heavy (non-hydrogen) atoms. The number of hydrogen-bond acceptors (Lipinski definition) is 4. The molecule has 0 radical (unpaired) electrons. The van der Waals surface area contributed by atoms with E-state index in [4.69, 9.17) is 9.05 Å². The number of benzene rings is 1. The van der Waals surface area contributed by atoms with Crippen LogP contribution in [0, 0.1) is 6.92 Å². The minimum Gasteiger partial charge on any atom is -0.308 e. The van der Waals surface area contributed by atoms with Gasteiger partial charge in [0.05, 0.1) is 18.8 Å². The molecule has 0 bridgehead atoms. The molecule has 0 unspecified atom stereocenters. The van der Waals surface area contributed by atoms with Crippen molar-refractivity contribution in [3.05, 3.63) is 29.3 Å². The smallest absolute Gasteiger partial charge is 0.308 e. The van der Waals surface area contributed by atoms with E-state index in [0.29, 0.717) is 10.5 Å². The quantitative estimate of drug-likeness (QED) is 0.496. The molecule has 8 heteroatoms. The third-order valence-corrected chi connectivity index (χ3v) is 6.07. The van der Waals surface area contributed by atoms with Crippen molar-refractivity contribution in [3.8, 4) is 0 Å². The van der Waals surface area contributed by atoms with Gasteiger partial charge in [-0.05, 0) is 44.5 Å². The van der Waals surface area contributed by atoms with Crippen LogP contribution >= 0.6 is 19.4 Å². The normalized spacial score (nSPS) is 12.7. The zero-order valence-corrected chi connectivity index (χ0v) is 13.8. The van der Waals surface area contributed by atoms with Crippen molar-refractivity contribution < 1.29 is 26.8 Å². The van der Waals surface area contributed by atoms with E-state index in [-0.39, 0.29) is 18.7 Å². The van der Waals surface area contributed by atoms with Crippen molar-refractivity contribution >= 4 is 19.4 Å². The second kappa shape index (κ2) is 7.68. The topological polar surface area (TPSA) is 35.5 Å². The Labute approximate surface area is 126 Å². The fraction of sp³-hybridized carbons (Fsp3) is 0.538. The lowest BCUT2D eigenvalue weighted by molar-refractivity contribution is -0.137. The predicted molar refractivity (Wildman–Crippen MR) is 77.8 cm³/mol. The molecule has 0 heterocycles. The zero-order chi connectivity index (χ0) is 16.1. The summed E-state index contributed by atoms with van der Waals surface area (Å²) in [5.41, 5.74) is -0.238. The molecule has 1 rings (SSSR count). The molecular formula is C13H18F3O3PS. The Morgan fingerprint density at radius 3 is 2.19 bits per heavy atom. The van der Waals surface area contributed by atoms with Crippen LogP contribution in [0.15, 0.2) is 23.1 Å². The molecule has 0 amide bonds. The molecular weight excluding hydrogens is 324 g/mol. The Hall–Kier alpha value is -0.490. The van der Waals surface area contributed by atoms with Crippen molar-refractivity contribution in [1.82, 2.24) is 0 Å². The summed E-state index contributed by atoms with van der Waals surface area (Å²) in [6.45, 7) is 5.40. The van der Waals surface area contributed by atoms with Crippen LogP contribution in [0.5, 0.6) is 0 Å². The predicted octanol–water partition coefficient (Wildman–Crippen LogP) is 5.33. The second-order valence-corrected chi connectivity index (χ2v) is 7.78. The summed E-state index contributed by atoms with van der Waals surface area (Å²) in [4.78, 5) is 0.391. The van der Waals surface area contributed by atoms with Crippen molar-refractivity contribution in [2.45, 2.75) is 31.8 Å². The molecule has 0 saturated heterocycles. The Bertz CT molecular complexity index is 510. The summed E-state index contributed by atoms with van der Waals surface area (Å²) in [6.07, 6.45) is -4.40. The van der Waals surface area contributed by atoms with E-state index >= 15 is 0 Å². The van der Waals surface area contributed by atoms with E-state index in [1.165, 1.54) is 0 Å². The van der Waals surface area contributed by atoms with Gasteiger partial charge in [0.1, 0.15) is 5.49 Å². The Morgan fingerprint density at radius 2 is 1.71 bits per heavy atom. The van der Waals surface area contributed by atoms with Crippen molar-refractivity contribution in [2.24, 2.45) is 0 Å². The Balaban J connectivity index is 2.88. The van der Waals surface area contributed by atoms with Crippen LogP contribution in [0.2, 0.25) is 0 Å². The first-order valence-electron chi connectivity index (χ1n) is 6.40. The highest BCUT2D eigenvalue weighted by Crippen LogP contribution is 2.52. The molecule has 0 aliphatic rings. The lowest BCUT2D eigenvalue weighted by Crippen LogP contribution is -2.05. The fourth-order valence-corrected chi connectivity index (χ4v) is 4.82. The first-order chi connectivity index (χ1) is 9.70. The van der Waals surface area contributed by atoms with Crippen LogP contribution in [0.3, 0.4) is 0 Å². The summed E-state index contributed by atoms with van der Waals surface area (Å²) in [5, 5.41) is 0. The number of thioether (sulfide) groups is 1. The van der Waals surface area contributed by atoms with Crippen LogP contribution in [-0.4, -0.2) is 18.7 Å². The average molecular weight is 342 g/mol. The van der Waals surface area contributed by atoms with Gasteiger partial charge in [-0.25, -0.2) is 0 Å². The van der Waals surface area contributed by atoms with Gasteiger partial charge in [-0.1, -0.05) is 0 Å². The van der Waals surface area contributed by atoms with E-state index < -0.39 is 19.3 Å². The van der Waals surface area contributed by atoms with Gasteiger partial charge in [0.15, 0.2) is 0 Å². The largest absolute Gasteiger partial charge is 0.416 e. The van der Waals surface area contributed by atoms with Crippen molar-refractivity contribution in [3.63, 3.8) is 0 Å². The van der Waals surface area contributed by atoms with Gasteiger partial charge in [0.2, 0.25) is 0 Å². The molecule has 0 atom stereocenters. The molecule has 0 saturated carbocycles. The molecule has 0 N–H and O–H groups in total. The van der Waals surface area contributed by atoms with Crippen LogP contribution in [0.4, 0.5) is 13.2 Å². The maximum Gasteiger partial charge on any atom is 0.416 e. The maximum atomic E-state index is 12.8. The third kappa shape index (κ3) is 6.02. The van der Waals surface area contributed by atoms with Crippen LogP contribution < -0.4 is 0 Å². The first-order valence-corrected chi connectivity index (χ1v) is 9.11. The van der Waals surface area contributed by atoms with Crippen molar-refractivity contribution in [2.75, 3.05) is 18.7 Å². The minimum atomic E-state index is -4.40. The van der Waals surface area contributed by atoms with Gasteiger partial charge in [-0.3, -0.25) is 4.57 Å². The molecule has 0 fully saturated rings. The van der Waals surface area contributed by atoms with Gasteiger partial charge >= 0.3 is 13.8 Å². The number of hydrogen-bond donors (Lipinski definition) is 0. The van der Waals surface area contributed by atoms with E-state index in [1.807, 2.05) is 0 Å². The zero-order valence-electron chi connectivity index (χ0n) is 12.1. The number of alkyl halides is 3. The Morgan fingerprint density at radius 1 is 1.14 bits per heavy atom. The molecule has 3 nitrogen and oxygen atoms in total. The molecule has 0 aliphatic carbocycles. The number of halogens is 3. The van der Waals surface area contributed by atoms with E-state index in [2.05, 4.69) is 0 Å². The first kappa shape index (κ1) is 18.6. The number of rotatable bonds is 7. The molecule has 1 aromatic carbocycles. The molecule has 0 aromatic heterocycles. The summed E-state index contributed by atoms with van der Waals surface area (Å²) in [6, 6.07) is 3.73. The summed E-state index contributed by atoms with van der Waals surface area (Å²) in [7, 11) is -3.27. The Kier molecular flexibility index (Phi) is 6.78. The summed E-state index contributed by atoms with van der Waals surface area (Å²) in [5.74, 6) is 0. The minimum absolute atomic E-state index is 0.0184. The lowest BCUT2D eigenvalue weighted by Gasteiger charge is -2.17. The van der Waals surface area contributed by atoms with Crippen LogP contribution in [-0.2, 0) is 19.8 Å². The third-order valence-electron chi connectivity index (χ3n) is 2.42. The SMILES string of the molecule is CCOP(=O)(CSc1cc(C)cc(C(F)(F)F)c1)OCC. The van der Waals surface area contributed by atoms with Gasteiger partial charge in [0, 0.05) is 4.90 Å². The highest BCUT2D eigenvalue weighted by Gasteiger charge is 2.31. The standard InChI is InChI=1S/C13H18F3O3PS/c1-4-18-20(17,19-5-2)9-21-12-7-10(3)6-11(8-12)13(14,15)16/h6-8H,4-5,9H2,1-3H3. The highest BCUT2D eigenvalue weighted by atomic mass is 32.2. The molecule has 120 valence electrons. The average Bonchev–Trinajstić information content (AvgIpc) is 2.35. The van der Waals surface area contributed by atoms with Gasteiger partial charge in [-0.15, -0.1) is 11.8 Å². The summed E-state index contributed by atoms with van der Waals surface area (Å²) >= 11 is 1.04. The van der Waals surface area contributed by atoms with E-state index in [9.17, 15) is 17.7 Å². The molecule has 0 aliphatic heterocycles. The second-order valence-electron chi connectivity index (χ2n) is 4.25.